The van der Waals surface area contributed by atoms with Gasteiger partial charge in [0.05, 0.1) is 5.69 Å². The highest BCUT2D eigenvalue weighted by Crippen LogP contribution is 2.25. The number of nitrogens with zero attached hydrogens (tertiary/aromatic N) is 2. The summed E-state index contributed by atoms with van der Waals surface area (Å²) in [5.41, 5.74) is 1.51. The molecule has 8 heteroatoms. The second kappa shape index (κ2) is 11.9. The molecule has 4 N–H and O–H groups in total. The first-order valence-corrected chi connectivity index (χ1v) is 11.6. The number of hydrogen-bond acceptors (Lipinski definition) is 5. The summed E-state index contributed by atoms with van der Waals surface area (Å²) in [6.07, 6.45) is 6.53. The maximum absolute atomic E-state index is 12.3. The molecule has 0 bridgehead atoms. The summed E-state index contributed by atoms with van der Waals surface area (Å²) in [6, 6.07) is 5.51. The first-order chi connectivity index (χ1) is 15.0. The van der Waals surface area contributed by atoms with Crippen LogP contribution in [0.2, 0.25) is 0 Å². The molecule has 0 aromatic heterocycles. The van der Waals surface area contributed by atoms with Crippen molar-refractivity contribution in [2.24, 2.45) is 0 Å². The first kappa shape index (κ1) is 23.3. The van der Waals surface area contributed by atoms with E-state index in [1.165, 1.54) is 19.3 Å². The fraction of sp³-hybridized carbons (Fsp3) is 0.652. The lowest BCUT2D eigenvalue weighted by Gasteiger charge is -2.32. The normalized spacial score (nSPS) is 18.5. The number of amides is 3. The summed E-state index contributed by atoms with van der Waals surface area (Å²) in [7, 11) is 2.13. The van der Waals surface area contributed by atoms with Crippen LogP contribution in [0.3, 0.4) is 0 Å². The molecule has 2 aliphatic rings. The number of aromatic hydroxyl groups is 1. The summed E-state index contributed by atoms with van der Waals surface area (Å²) in [5.74, 6) is -0.0954. The van der Waals surface area contributed by atoms with Crippen LogP contribution >= 0.6 is 0 Å². The Morgan fingerprint density at radius 2 is 1.84 bits per heavy atom. The zero-order valence-electron chi connectivity index (χ0n) is 18.7. The van der Waals surface area contributed by atoms with Gasteiger partial charge in [0.25, 0.3) is 0 Å². The number of carbonyl (C=O) groups is 2. The lowest BCUT2D eigenvalue weighted by Crippen LogP contribution is -2.43. The van der Waals surface area contributed by atoms with Crippen molar-refractivity contribution in [1.29, 1.82) is 0 Å². The second-order valence-corrected chi connectivity index (χ2v) is 8.82. The fourth-order valence-electron chi connectivity index (χ4n) is 4.19. The molecular formula is C23H37N5O3. The van der Waals surface area contributed by atoms with Gasteiger partial charge in [0.1, 0.15) is 5.75 Å². The van der Waals surface area contributed by atoms with Crippen molar-refractivity contribution >= 4 is 17.6 Å². The van der Waals surface area contributed by atoms with Gasteiger partial charge in [-0.05, 0) is 44.0 Å². The molecule has 1 saturated heterocycles. The molecule has 2 fully saturated rings. The highest BCUT2D eigenvalue weighted by atomic mass is 16.3. The third-order valence-corrected chi connectivity index (χ3v) is 6.14. The zero-order valence-corrected chi connectivity index (χ0v) is 18.7. The summed E-state index contributed by atoms with van der Waals surface area (Å²) < 4.78 is 0. The van der Waals surface area contributed by atoms with Crippen LogP contribution in [0, 0.1) is 0 Å². The first-order valence-electron chi connectivity index (χ1n) is 11.6. The number of likely N-dealkylation sites (N-methyl/N-ethyl adjacent to an activating group) is 1. The van der Waals surface area contributed by atoms with E-state index in [0.717, 1.165) is 51.1 Å². The molecule has 1 heterocycles. The molecule has 1 saturated carbocycles. The Morgan fingerprint density at radius 3 is 2.58 bits per heavy atom. The van der Waals surface area contributed by atoms with Crippen molar-refractivity contribution in [3.63, 3.8) is 0 Å². The van der Waals surface area contributed by atoms with E-state index in [1.54, 1.807) is 6.07 Å². The fourth-order valence-corrected chi connectivity index (χ4v) is 4.19. The van der Waals surface area contributed by atoms with E-state index in [-0.39, 0.29) is 30.2 Å². The van der Waals surface area contributed by atoms with Gasteiger partial charge in [-0.2, -0.15) is 0 Å². The van der Waals surface area contributed by atoms with Crippen molar-refractivity contribution in [2.75, 3.05) is 45.1 Å². The Kier molecular flexibility index (Phi) is 8.97. The van der Waals surface area contributed by atoms with Gasteiger partial charge in [0.2, 0.25) is 5.91 Å². The van der Waals surface area contributed by atoms with Crippen LogP contribution in [0.5, 0.6) is 5.75 Å². The maximum Gasteiger partial charge on any atom is 0.315 e. The smallest absolute Gasteiger partial charge is 0.315 e. The van der Waals surface area contributed by atoms with Crippen LogP contribution in [-0.4, -0.2) is 72.7 Å². The summed E-state index contributed by atoms with van der Waals surface area (Å²) in [5, 5.41) is 18.8. The third kappa shape index (κ3) is 8.03. The van der Waals surface area contributed by atoms with E-state index >= 15 is 0 Å². The minimum absolute atomic E-state index is 0.0699. The van der Waals surface area contributed by atoms with Crippen LogP contribution in [0.15, 0.2) is 18.2 Å². The topological polar surface area (TPSA) is 96.9 Å². The predicted octanol–water partition coefficient (Wildman–Crippen LogP) is 2.49. The molecule has 3 rings (SSSR count). The van der Waals surface area contributed by atoms with E-state index in [9.17, 15) is 14.7 Å². The van der Waals surface area contributed by atoms with Gasteiger partial charge in [0, 0.05) is 51.7 Å². The molecule has 0 unspecified atom stereocenters. The van der Waals surface area contributed by atoms with E-state index in [4.69, 9.17) is 0 Å². The third-order valence-electron chi connectivity index (χ3n) is 6.14. The Labute approximate surface area is 185 Å². The number of benzene rings is 1. The van der Waals surface area contributed by atoms with Crippen molar-refractivity contribution in [2.45, 2.75) is 57.5 Å². The lowest BCUT2D eigenvalue weighted by atomic mass is 9.96. The van der Waals surface area contributed by atoms with Crippen molar-refractivity contribution in [3.8, 4) is 5.75 Å². The number of rotatable bonds is 8. The number of urea groups is 1. The van der Waals surface area contributed by atoms with Gasteiger partial charge in [-0.15, -0.1) is 0 Å². The quantitative estimate of drug-likeness (QED) is 0.375. The molecule has 0 radical (unpaired) electrons. The molecule has 31 heavy (non-hydrogen) atoms. The Morgan fingerprint density at radius 1 is 1.10 bits per heavy atom. The van der Waals surface area contributed by atoms with Crippen molar-refractivity contribution in [1.82, 2.24) is 20.4 Å². The minimum atomic E-state index is -0.165. The lowest BCUT2D eigenvalue weighted by molar-refractivity contribution is -0.116. The molecule has 1 aliphatic carbocycles. The molecule has 1 aromatic rings. The van der Waals surface area contributed by atoms with E-state index in [1.807, 2.05) is 12.1 Å². The number of anilines is 1. The van der Waals surface area contributed by atoms with Gasteiger partial charge in [-0.1, -0.05) is 25.3 Å². The molecule has 1 aliphatic heterocycles. The van der Waals surface area contributed by atoms with Crippen molar-refractivity contribution in [3.05, 3.63) is 23.8 Å². The summed E-state index contributed by atoms with van der Waals surface area (Å²) in [4.78, 5) is 28.9. The zero-order chi connectivity index (χ0) is 22.1. The standard InChI is InChI=1S/C23H37N5O3/c1-27-12-14-28(15-13-27)17-18-9-10-21(29)20(16-18)26-22(30)8-5-11-24-23(31)25-19-6-3-2-4-7-19/h9-10,16,19,29H,2-8,11-15,17H2,1H3,(H,26,30)(H2,24,25,31). The number of phenolic OH excluding ortho intramolecular Hbond substituents is 1. The maximum atomic E-state index is 12.3. The molecule has 3 amide bonds. The van der Waals surface area contributed by atoms with Gasteiger partial charge in [-0.3, -0.25) is 9.69 Å². The number of piperazine rings is 1. The molecule has 8 nitrogen and oxygen atoms in total. The number of hydrogen-bond donors (Lipinski definition) is 4. The number of phenols is 1. The Hall–Kier alpha value is -2.32. The van der Waals surface area contributed by atoms with Crippen LogP contribution in [0.25, 0.3) is 0 Å². The average Bonchev–Trinajstić information content (AvgIpc) is 2.76. The van der Waals surface area contributed by atoms with Gasteiger partial charge < -0.3 is 26.0 Å². The van der Waals surface area contributed by atoms with E-state index in [0.29, 0.717) is 18.7 Å². The van der Waals surface area contributed by atoms with Gasteiger partial charge in [-0.25, -0.2) is 4.79 Å². The predicted molar refractivity (Wildman–Crippen MR) is 122 cm³/mol. The summed E-state index contributed by atoms with van der Waals surface area (Å²) >= 11 is 0. The van der Waals surface area contributed by atoms with E-state index in [2.05, 4.69) is 32.8 Å². The monoisotopic (exact) mass is 431 g/mol. The minimum Gasteiger partial charge on any atom is -0.506 e. The largest absolute Gasteiger partial charge is 0.506 e. The second-order valence-electron chi connectivity index (χ2n) is 8.82. The van der Waals surface area contributed by atoms with Crippen LogP contribution in [0.1, 0.15) is 50.5 Å². The van der Waals surface area contributed by atoms with Crippen molar-refractivity contribution < 1.29 is 14.7 Å². The highest BCUT2D eigenvalue weighted by molar-refractivity contribution is 5.92. The Bertz CT molecular complexity index is 728. The average molecular weight is 432 g/mol. The molecular weight excluding hydrogens is 394 g/mol. The molecule has 0 atom stereocenters. The molecule has 1 aromatic carbocycles. The van der Waals surface area contributed by atoms with Crippen LogP contribution in [-0.2, 0) is 11.3 Å². The summed E-state index contributed by atoms with van der Waals surface area (Å²) in [6.45, 7) is 5.38. The highest BCUT2D eigenvalue weighted by Gasteiger charge is 2.16. The van der Waals surface area contributed by atoms with E-state index < -0.39 is 0 Å². The van der Waals surface area contributed by atoms with Gasteiger partial charge >= 0.3 is 6.03 Å². The number of nitrogens with one attached hydrogen (secondary N) is 3. The molecule has 172 valence electrons. The molecule has 0 spiro atoms. The van der Waals surface area contributed by atoms with Crippen LogP contribution in [0.4, 0.5) is 10.5 Å². The SMILES string of the molecule is CN1CCN(Cc2ccc(O)c(NC(=O)CCCNC(=O)NC3CCCCC3)c2)CC1. The van der Waals surface area contributed by atoms with Gasteiger partial charge in [0.15, 0.2) is 0 Å². The van der Waals surface area contributed by atoms with Crippen LogP contribution < -0.4 is 16.0 Å². The number of carbonyl (C=O) groups excluding carboxylic acids is 2. The Balaban J connectivity index is 1.37.